The minimum Gasteiger partial charge on any atom is -0.495 e. The smallest absolute Gasteiger partial charge is 0.175 e. The summed E-state index contributed by atoms with van der Waals surface area (Å²) in [6.07, 6.45) is 0. The van der Waals surface area contributed by atoms with Gasteiger partial charge in [0.05, 0.1) is 28.5 Å². The summed E-state index contributed by atoms with van der Waals surface area (Å²) in [7, 11) is 1.57. The fourth-order valence-electron chi connectivity index (χ4n) is 1.65. The molecule has 0 saturated heterocycles. The van der Waals surface area contributed by atoms with Gasteiger partial charge in [-0.05, 0) is 42.5 Å². The van der Waals surface area contributed by atoms with Gasteiger partial charge in [0.2, 0.25) is 0 Å². The van der Waals surface area contributed by atoms with Gasteiger partial charge in [-0.3, -0.25) is 0 Å². The Bertz CT molecular complexity index is 679. The number of methoxy groups -OCH3 is 1. The first-order chi connectivity index (χ1) is 10.0. The third kappa shape index (κ3) is 4.14. The van der Waals surface area contributed by atoms with Crippen LogP contribution in [0.5, 0.6) is 5.75 Å². The largest absolute Gasteiger partial charge is 0.495 e. The lowest BCUT2D eigenvalue weighted by Crippen LogP contribution is -2.19. The number of hydrogen-bond acceptors (Lipinski definition) is 2. The highest BCUT2D eigenvalue weighted by molar-refractivity contribution is 7.80. The van der Waals surface area contributed by atoms with E-state index in [1.807, 2.05) is 0 Å². The first-order valence-corrected chi connectivity index (χ1v) is 7.41. The summed E-state index contributed by atoms with van der Waals surface area (Å²) in [5.41, 5.74) is 1.27. The molecule has 0 radical (unpaired) electrons. The third-order valence-electron chi connectivity index (χ3n) is 2.61. The Morgan fingerprint density at radius 1 is 1.05 bits per heavy atom. The van der Waals surface area contributed by atoms with Gasteiger partial charge in [-0.1, -0.05) is 40.9 Å². The average Bonchev–Trinajstić information content (AvgIpc) is 2.44. The second-order valence-electron chi connectivity index (χ2n) is 4.03. The quantitative estimate of drug-likeness (QED) is 0.711. The topological polar surface area (TPSA) is 33.3 Å². The molecule has 0 aromatic heterocycles. The van der Waals surface area contributed by atoms with E-state index < -0.39 is 0 Å². The molecule has 0 aliphatic heterocycles. The lowest BCUT2D eigenvalue weighted by molar-refractivity contribution is 0.417. The minimum atomic E-state index is 0.347. The summed E-state index contributed by atoms with van der Waals surface area (Å²) in [5.74, 6) is 0.626. The van der Waals surface area contributed by atoms with E-state index in [0.717, 1.165) is 0 Å². The van der Waals surface area contributed by atoms with Crippen molar-refractivity contribution in [2.75, 3.05) is 17.7 Å². The highest BCUT2D eigenvalue weighted by Crippen LogP contribution is 2.31. The SMILES string of the molecule is COc1ccc(Cl)cc1NC(=S)Nc1cccc(Cl)c1Cl. The molecule has 0 heterocycles. The van der Waals surface area contributed by atoms with Crippen molar-refractivity contribution in [2.45, 2.75) is 0 Å². The molecular weight excluding hydrogens is 351 g/mol. The molecule has 0 spiro atoms. The third-order valence-corrected chi connectivity index (χ3v) is 3.87. The van der Waals surface area contributed by atoms with Crippen LogP contribution in [0.4, 0.5) is 11.4 Å². The summed E-state index contributed by atoms with van der Waals surface area (Å²) in [5, 5.41) is 7.75. The van der Waals surface area contributed by atoms with Gasteiger partial charge in [0.25, 0.3) is 0 Å². The summed E-state index contributed by atoms with van der Waals surface area (Å²) in [6, 6.07) is 10.4. The maximum atomic E-state index is 6.10. The van der Waals surface area contributed by atoms with Gasteiger partial charge in [0.1, 0.15) is 5.75 Å². The van der Waals surface area contributed by atoms with Crippen molar-refractivity contribution in [3.63, 3.8) is 0 Å². The van der Waals surface area contributed by atoms with Crippen molar-refractivity contribution in [3.05, 3.63) is 51.5 Å². The lowest BCUT2D eigenvalue weighted by atomic mass is 10.3. The zero-order valence-electron chi connectivity index (χ0n) is 10.9. The molecule has 2 N–H and O–H groups in total. The molecule has 0 amide bonds. The van der Waals surface area contributed by atoms with Crippen LogP contribution >= 0.6 is 47.0 Å². The number of rotatable bonds is 3. The van der Waals surface area contributed by atoms with Crippen molar-refractivity contribution >= 4 is 63.5 Å². The van der Waals surface area contributed by atoms with E-state index in [1.54, 1.807) is 43.5 Å². The van der Waals surface area contributed by atoms with E-state index in [-0.39, 0.29) is 0 Å². The molecule has 110 valence electrons. The minimum absolute atomic E-state index is 0.347. The number of hydrogen-bond donors (Lipinski definition) is 2. The van der Waals surface area contributed by atoms with Gasteiger partial charge in [-0.25, -0.2) is 0 Å². The maximum absolute atomic E-state index is 6.10. The first-order valence-electron chi connectivity index (χ1n) is 5.87. The van der Waals surface area contributed by atoms with Crippen LogP contribution in [-0.4, -0.2) is 12.2 Å². The Balaban J connectivity index is 2.15. The van der Waals surface area contributed by atoms with Crippen LogP contribution in [0.1, 0.15) is 0 Å². The molecule has 3 nitrogen and oxygen atoms in total. The van der Waals surface area contributed by atoms with E-state index in [0.29, 0.717) is 37.3 Å². The number of halogens is 3. The molecule has 2 aromatic carbocycles. The summed E-state index contributed by atoms with van der Waals surface area (Å²) in [6.45, 7) is 0. The predicted molar refractivity (Wildman–Crippen MR) is 94.3 cm³/mol. The number of nitrogens with one attached hydrogen (secondary N) is 2. The first kappa shape index (κ1) is 16.2. The Hall–Kier alpha value is -1.20. The van der Waals surface area contributed by atoms with E-state index >= 15 is 0 Å². The van der Waals surface area contributed by atoms with Crippen LogP contribution in [0.3, 0.4) is 0 Å². The molecule has 0 bridgehead atoms. The molecule has 0 fully saturated rings. The summed E-state index contributed by atoms with van der Waals surface area (Å²) >= 11 is 23.3. The second kappa shape index (κ2) is 7.18. The van der Waals surface area contributed by atoms with Gasteiger partial charge < -0.3 is 15.4 Å². The van der Waals surface area contributed by atoms with Crippen LogP contribution in [0.15, 0.2) is 36.4 Å². The van der Waals surface area contributed by atoms with Crippen molar-refractivity contribution < 1.29 is 4.74 Å². The van der Waals surface area contributed by atoms with Gasteiger partial charge >= 0.3 is 0 Å². The number of anilines is 2. The van der Waals surface area contributed by atoms with Crippen LogP contribution in [0, 0.1) is 0 Å². The van der Waals surface area contributed by atoms with Gasteiger partial charge in [0, 0.05) is 5.02 Å². The fraction of sp³-hybridized carbons (Fsp3) is 0.0714. The standard InChI is InChI=1S/C14H11Cl3N2OS/c1-20-12-6-5-8(15)7-11(12)19-14(21)18-10-4-2-3-9(16)13(10)17/h2-7H,1H3,(H2,18,19,21). The highest BCUT2D eigenvalue weighted by Gasteiger charge is 2.09. The normalized spacial score (nSPS) is 10.1. The van der Waals surface area contributed by atoms with Crippen LogP contribution in [0.25, 0.3) is 0 Å². The number of thiocarbonyl (C=S) groups is 1. The predicted octanol–water partition coefficient (Wildman–Crippen LogP) is 5.46. The molecule has 2 rings (SSSR count). The van der Waals surface area contributed by atoms with Crippen molar-refractivity contribution in [2.24, 2.45) is 0 Å². The Labute approximate surface area is 143 Å². The zero-order chi connectivity index (χ0) is 15.4. The van der Waals surface area contributed by atoms with Crippen LogP contribution < -0.4 is 15.4 Å². The Morgan fingerprint density at radius 3 is 2.48 bits per heavy atom. The van der Waals surface area contributed by atoms with Crippen LogP contribution in [-0.2, 0) is 0 Å². The molecule has 0 aliphatic carbocycles. The number of ether oxygens (including phenoxy) is 1. The van der Waals surface area contributed by atoms with Gasteiger partial charge in [0.15, 0.2) is 5.11 Å². The molecule has 0 atom stereocenters. The second-order valence-corrected chi connectivity index (χ2v) is 5.65. The zero-order valence-corrected chi connectivity index (χ0v) is 14.0. The molecule has 0 aliphatic rings. The Kier molecular flexibility index (Phi) is 5.53. The molecule has 0 saturated carbocycles. The summed E-state index contributed by atoms with van der Waals surface area (Å²) in [4.78, 5) is 0. The van der Waals surface area contributed by atoms with Crippen molar-refractivity contribution in [1.29, 1.82) is 0 Å². The van der Waals surface area contributed by atoms with Crippen LogP contribution in [0.2, 0.25) is 15.1 Å². The van der Waals surface area contributed by atoms with E-state index in [9.17, 15) is 0 Å². The van der Waals surface area contributed by atoms with Gasteiger partial charge in [-0.15, -0.1) is 0 Å². The van der Waals surface area contributed by atoms with Gasteiger partial charge in [-0.2, -0.15) is 0 Å². The van der Waals surface area contributed by atoms with E-state index in [2.05, 4.69) is 10.6 Å². The van der Waals surface area contributed by atoms with E-state index in [4.69, 9.17) is 51.8 Å². The monoisotopic (exact) mass is 360 g/mol. The fourth-order valence-corrected chi connectivity index (χ4v) is 2.39. The average molecular weight is 362 g/mol. The number of benzene rings is 2. The molecule has 21 heavy (non-hydrogen) atoms. The van der Waals surface area contributed by atoms with E-state index in [1.165, 1.54) is 0 Å². The maximum Gasteiger partial charge on any atom is 0.175 e. The van der Waals surface area contributed by atoms with Crippen molar-refractivity contribution in [1.82, 2.24) is 0 Å². The molecule has 0 unspecified atom stereocenters. The van der Waals surface area contributed by atoms with Crippen molar-refractivity contribution in [3.8, 4) is 5.75 Å². The molecule has 7 heteroatoms. The lowest BCUT2D eigenvalue weighted by Gasteiger charge is -2.14. The Morgan fingerprint density at radius 2 is 1.76 bits per heavy atom. The highest BCUT2D eigenvalue weighted by atomic mass is 35.5. The molecule has 2 aromatic rings. The molecular formula is C14H11Cl3N2OS. The summed E-state index contributed by atoms with van der Waals surface area (Å²) < 4.78 is 5.24.